The quantitative estimate of drug-likeness (QED) is 0.476. The molecule has 0 aliphatic rings. The molecule has 158 valence electrons. The normalized spacial score (nSPS) is 13.3. The van der Waals surface area contributed by atoms with Crippen molar-refractivity contribution >= 4 is 33.0 Å². The molecule has 0 fully saturated rings. The molecule has 0 amide bonds. The third kappa shape index (κ3) is 5.16. The molecule has 0 saturated carbocycles. The lowest BCUT2D eigenvalue weighted by Crippen LogP contribution is -2.20. The summed E-state index contributed by atoms with van der Waals surface area (Å²) in [5.74, 6) is -0.507. The molecule has 0 bridgehead atoms. The van der Waals surface area contributed by atoms with E-state index in [-0.39, 0.29) is 10.5 Å². The molecule has 0 heterocycles. The Morgan fingerprint density at radius 1 is 0.933 bits per heavy atom. The lowest BCUT2D eigenvalue weighted by atomic mass is 10.1. The Balaban J connectivity index is 1.84. The van der Waals surface area contributed by atoms with Crippen LogP contribution in [0, 0.1) is 0 Å². The number of sulfone groups is 1. The number of halogens is 5. The highest BCUT2D eigenvalue weighted by Crippen LogP contribution is 2.34. The molecule has 3 aromatic rings. The summed E-state index contributed by atoms with van der Waals surface area (Å²) in [6.07, 6.45) is -7.51. The molecule has 3 rings (SSSR count). The van der Waals surface area contributed by atoms with E-state index in [1.165, 1.54) is 24.3 Å². The minimum absolute atomic E-state index is 0.0121. The maximum atomic E-state index is 12.7. The molecular formula is C21H15Cl2F3O3S. The van der Waals surface area contributed by atoms with Crippen molar-refractivity contribution in [3.8, 4) is 11.1 Å². The van der Waals surface area contributed by atoms with Gasteiger partial charge >= 0.3 is 6.18 Å². The highest BCUT2D eigenvalue weighted by Gasteiger charge is 2.39. The van der Waals surface area contributed by atoms with Crippen molar-refractivity contribution in [3.63, 3.8) is 0 Å². The van der Waals surface area contributed by atoms with Gasteiger partial charge in [-0.1, -0.05) is 65.7 Å². The molecule has 0 unspecified atom stereocenters. The van der Waals surface area contributed by atoms with Gasteiger partial charge in [-0.3, -0.25) is 0 Å². The SMILES string of the molecule is O=S(=O)(Cc1cccc([C@@H](O)C(F)(F)F)c1)c1ccc(-c2ccc(Cl)cc2Cl)cc1. The maximum absolute atomic E-state index is 12.7. The Hall–Kier alpha value is -2.06. The molecule has 0 radical (unpaired) electrons. The van der Waals surface area contributed by atoms with Gasteiger partial charge in [0.2, 0.25) is 0 Å². The average molecular weight is 475 g/mol. The van der Waals surface area contributed by atoms with Gasteiger partial charge in [0, 0.05) is 15.6 Å². The van der Waals surface area contributed by atoms with E-state index in [9.17, 15) is 26.7 Å². The third-order valence-electron chi connectivity index (χ3n) is 4.39. The number of aliphatic hydroxyl groups is 1. The summed E-state index contributed by atoms with van der Waals surface area (Å²) in [6.45, 7) is 0. The van der Waals surface area contributed by atoms with E-state index < -0.39 is 33.4 Å². The van der Waals surface area contributed by atoms with Crippen molar-refractivity contribution in [2.45, 2.75) is 22.9 Å². The standard InChI is InChI=1S/C21H15Cl2F3O3S/c22-16-6-9-18(19(23)11-16)14-4-7-17(8-5-14)30(28,29)12-13-2-1-3-15(10-13)20(27)21(24,25)26/h1-11,20,27H,12H2/t20-/m1/s1. The number of rotatable bonds is 5. The third-order valence-corrected chi connectivity index (χ3v) is 6.64. The van der Waals surface area contributed by atoms with Gasteiger partial charge in [0.1, 0.15) is 0 Å². The highest BCUT2D eigenvalue weighted by atomic mass is 35.5. The fraction of sp³-hybridized carbons (Fsp3) is 0.143. The first-order valence-electron chi connectivity index (χ1n) is 8.59. The van der Waals surface area contributed by atoms with Crippen LogP contribution in [0.2, 0.25) is 10.0 Å². The van der Waals surface area contributed by atoms with Gasteiger partial charge in [-0.2, -0.15) is 13.2 Å². The molecule has 0 aliphatic carbocycles. The first-order chi connectivity index (χ1) is 14.0. The first kappa shape index (κ1) is 22.6. The van der Waals surface area contributed by atoms with E-state index in [1.807, 2.05) is 0 Å². The lowest BCUT2D eigenvalue weighted by Gasteiger charge is -2.15. The van der Waals surface area contributed by atoms with Crippen molar-refractivity contribution in [3.05, 3.63) is 87.9 Å². The molecule has 0 saturated heterocycles. The zero-order chi connectivity index (χ0) is 22.1. The van der Waals surface area contributed by atoms with Crippen LogP contribution in [0.5, 0.6) is 0 Å². The fourth-order valence-electron chi connectivity index (χ4n) is 2.91. The van der Waals surface area contributed by atoms with Crippen LogP contribution in [-0.2, 0) is 15.6 Å². The molecule has 3 aromatic carbocycles. The lowest BCUT2D eigenvalue weighted by molar-refractivity contribution is -0.206. The largest absolute Gasteiger partial charge is 0.418 e. The van der Waals surface area contributed by atoms with Crippen molar-refractivity contribution in [2.75, 3.05) is 0 Å². The van der Waals surface area contributed by atoms with Crippen LogP contribution >= 0.6 is 23.2 Å². The summed E-state index contributed by atoms with van der Waals surface area (Å²) in [5, 5.41) is 10.3. The molecule has 30 heavy (non-hydrogen) atoms. The van der Waals surface area contributed by atoms with Crippen molar-refractivity contribution in [1.29, 1.82) is 0 Å². The molecule has 0 aromatic heterocycles. The Morgan fingerprint density at radius 2 is 1.60 bits per heavy atom. The average Bonchev–Trinajstić information content (AvgIpc) is 2.67. The Morgan fingerprint density at radius 3 is 2.20 bits per heavy atom. The van der Waals surface area contributed by atoms with E-state index in [0.29, 0.717) is 21.2 Å². The molecule has 3 nitrogen and oxygen atoms in total. The van der Waals surface area contributed by atoms with Crippen molar-refractivity contribution < 1.29 is 26.7 Å². The summed E-state index contributed by atoms with van der Waals surface area (Å²) < 4.78 is 63.6. The van der Waals surface area contributed by atoms with Gasteiger partial charge in [0.05, 0.1) is 10.6 Å². The number of hydrogen-bond donors (Lipinski definition) is 1. The summed E-state index contributed by atoms with van der Waals surface area (Å²) >= 11 is 12.1. The van der Waals surface area contributed by atoms with E-state index in [0.717, 1.165) is 12.1 Å². The zero-order valence-corrected chi connectivity index (χ0v) is 17.5. The van der Waals surface area contributed by atoms with Gasteiger partial charge < -0.3 is 5.11 Å². The summed E-state index contributed by atoms with van der Waals surface area (Å²) in [6, 6.07) is 15.8. The molecule has 0 aliphatic heterocycles. The van der Waals surface area contributed by atoms with Gasteiger partial charge in [-0.05, 0) is 41.0 Å². The topological polar surface area (TPSA) is 54.4 Å². The minimum atomic E-state index is -4.84. The minimum Gasteiger partial charge on any atom is -0.379 e. The summed E-state index contributed by atoms with van der Waals surface area (Å²) in [7, 11) is -3.82. The van der Waals surface area contributed by atoms with Crippen LogP contribution in [0.3, 0.4) is 0 Å². The molecule has 0 spiro atoms. The number of benzene rings is 3. The van der Waals surface area contributed by atoms with Crippen LogP contribution < -0.4 is 0 Å². The highest BCUT2D eigenvalue weighted by molar-refractivity contribution is 7.90. The molecule has 1 atom stereocenters. The molecule has 1 N–H and O–H groups in total. The second kappa shape index (κ2) is 8.59. The van der Waals surface area contributed by atoms with Gasteiger partial charge in [0.25, 0.3) is 0 Å². The number of hydrogen-bond acceptors (Lipinski definition) is 3. The Labute approximate surface area is 181 Å². The van der Waals surface area contributed by atoms with E-state index >= 15 is 0 Å². The Bertz CT molecular complexity index is 1160. The predicted molar refractivity (Wildman–Crippen MR) is 110 cm³/mol. The second-order valence-corrected chi connectivity index (χ2v) is 9.43. The predicted octanol–water partition coefficient (Wildman–Crippen LogP) is 6.23. The fourth-order valence-corrected chi connectivity index (χ4v) is 4.76. The van der Waals surface area contributed by atoms with Gasteiger partial charge in [-0.25, -0.2) is 8.42 Å². The summed E-state index contributed by atoms with van der Waals surface area (Å²) in [5.41, 5.74) is 1.09. The Kier molecular flexibility index (Phi) is 6.48. The first-order valence-corrected chi connectivity index (χ1v) is 11.0. The van der Waals surface area contributed by atoms with Gasteiger partial charge in [0.15, 0.2) is 15.9 Å². The zero-order valence-electron chi connectivity index (χ0n) is 15.2. The number of alkyl halides is 3. The van der Waals surface area contributed by atoms with Crippen LogP contribution in [0.15, 0.2) is 71.6 Å². The number of aliphatic hydroxyl groups excluding tert-OH is 1. The molecule has 9 heteroatoms. The van der Waals surface area contributed by atoms with Crippen LogP contribution in [-0.4, -0.2) is 19.7 Å². The van der Waals surface area contributed by atoms with E-state index in [1.54, 1.807) is 30.3 Å². The van der Waals surface area contributed by atoms with Crippen LogP contribution in [0.4, 0.5) is 13.2 Å². The summed E-state index contributed by atoms with van der Waals surface area (Å²) in [4.78, 5) is 0.0121. The van der Waals surface area contributed by atoms with Crippen molar-refractivity contribution in [2.24, 2.45) is 0 Å². The monoisotopic (exact) mass is 474 g/mol. The van der Waals surface area contributed by atoms with Crippen LogP contribution in [0.25, 0.3) is 11.1 Å². The molecular weight excluding hydrogens is 460 g/mol. The van der Waals surface area contributed by atoms with Gasteiger partial charge in [-0.15, -0.1) is 0 Å². The van der Waals surface area contributed by atoms with E-state index in [2.05, 4.69) is 0 Å². The van der Waals surface area contributed by atoms with E-state index in [4.69, 9.17) is 23.2 Å². The smallest absolute Gasteiger partial charge is 0.379 e. The van der Waals surface area contributed by atoms with Crippen molar-refractivity contribution in [1.82, 2.24) is 0 Å². The van der Waals surface area contributed by atoms with Crippen LogP contribution in [0.1, 0.15) is 17.2 Å². The second-order valence-electron chi connectivity index (χ2n) is 6.60. The maximum Gasteiger partial charge on any atom is 0.418 e.